The van der Waals surface area contributed by atoms with E-state index in [2.05, 4.69) is 0 Å². The number of nitrogens with two attached hydrogens (primary N) is 1. The summed E-state index contributed by atoms with van der Waals surface area (Å²) in [7, 11) is 3.67. The molecule has 0 heterocycles. The van der Waals surface area contributed by atoms with Gasteiger partial charge in [-0.3, -0.25) is 0 Å². The molecule has 1 aromatic carbocycles. The first-order valence-electron chi connectivity index (χ1n) is 4.72. The summed E-state index contributed by atoms with van der Waals surface area (Å²) in [6.45, 7) is 1.92. The van der Waals surface area contributed by atoms with E-state index in [1.807, 2.05) is 27.1 Å². The van der Waals surface area contributed by atoms with Gasteiger partial charge in [0.1, 0.15) is 5.82 Å². The number of anilines is 1. The molecule has 0 aliphatic carbocycles. The Balaban J connectivity index is 3.08. The van der Waals surface area contributed by atoms with E-state index in [0.29, 0.717) is 12.1 Å². The normalized spacial score (nSPS) is 12.6. The van der Waals surface area contributed by atoms with Crippen LogP contribution in [-0.4, -0.2) is 20.1 Å². The van der Waals surface area contributed by atoms with Gasteiger partial charge in [0.05, 0.1) is 5.69 Å². The zero-order valence-corrected chi connectivity index (χ0v) is 8.92. The van der Waals surface area contributed by atoms with Crippen LogP contribution in [0.2, 0.25) is 0 Å². The van der Waals surface area contributed by atoms with E-state index in [-0.39, 0.29) is 11.9 Å². The van der Waals surface area contributed by atoms with Crippen molar-refractivity contribution in [2.45, 2.75) is 19.4 Å². The van der Waals surface area contributed by atoms with Crippen molar-refractivity contribution in [2.75, 3.05) is 19.0 Å². The zero-order valence-electron chi connectivity index (χ0n) is 8.92. The van der Waals surface area contributed by atoms with Gasteiger partial charge in [-0.25, -0.2) is 4.39 Å². The Kier molecular flexibility index (Phi) is 3.47. The minimum atomic E-state index is -0.187. The highest BCUT2D eigenvalue weighted by molar-refractivity contribution is 5.54. The van der Waals surface area contributed by atoms with Gasteiger partial charge in [0.2, 0.25) is 0 Å². The Morgan fingerprint density at radius 2 is 2.07 bits per heavy atom. The molecule has 1 aromatic rings. The molecule has 0 radical (unpaired) electrons. The molecule has 3 heteroatoms. The highest BCUT2D eigenvalue weighted by Gasteiger charge is 2.10. The van der Waals surface area contributed by atoms with Gasteiger partial charge in [0, 0.05) is 20.1 Å². The van der Waals surface area contributed by atoms with Crippen LogP contribution < -0.4 is 10.6 Å². The molecule has 0 aromatic heterocycles. The molecular formula is C11H17FN2. The van der Waals surface area contributed by atoms with Crippen LogP contribution >= 0.6 is 0 Å². The van der Waals surface area contributed by atoms with Crippen LogP contribution in [0.4, 0.5) is 10.1 Å². The predicted octanol–water partition coefficient (Wildman–Crippen LogP) is 1.78. The summed E-state index contributed by atoms with van der Waals surface area (Å²) >= 11 is 0. The lowest BCUT2D eigenvalue weighted by Crippen LogP contribution is -2.21. The SMILES string of the molecule is CC(N)Cc1cccc(F)c1N(C)C. The molecule has 0 amide bonds. The quantitative estimate of drug-likeness (QED) is 0.798. The Morgan fingerprint density at radius 1 is 1.43 bits per heavy atom. The van der Waals surface area contributed by atoms with Crippen molar-refractivity contribution in [1.29, 1.82) is 0 Å². The fourth-order valence-electron chi connectivity index (χ4n) is 1.57. The number of hydrogen-bond donors (Lipinski definition) is 1. The third-order valence-corrected chi connectivity index (χ3v) is 2.06. The van der Waals surface area contributed by atoms with E-state index < -0.39 is 0 Å². The van der Waals surface area contributed by atoms with Gasteiger partial charge >= 0.3 is 0 Å². The van der Waals surface area contributed by atoms with Crippen molar-refractivity contribution in [2.24, 2.45) is 5.73 Å². The van der Waals surface area contributed by atoms with E-state index >= 15 is 0 Å². The molecule has 14 heavy (non-hydrogen) atoms. The largest absolute Gasteiger partial charge is 0.375 e. The third kappa shape index (κ3) is 2.45. The molecule has 1 unspecified atom stereocenters. The van der Waals surface area contributed by atoms with Crippen LogP contribution in [0.5, 0.6) is 0 Å². The summed E-state index contributed by atoms with van der Waals surface area (Å²) in [5.41, 5.74) is 7.31. The van der Waals surface area contributed by atoms with Crippen LogP contribution in [0.15, 0.2) is 18.2 Å². The molecule has 1 atom stereocenters. The van der Waals surface area contributed by atoms with Gasteiger partial charge in [-0.05, 0) is 25.0 Å². The number of benzene rings is 1. The predicted molar refractivity (Wildman–Crippen MR) is 58.1 cm³/mol. The first-order valence-corrected chi connectivity index (χ1v) is 4.72. The molecule has 0 aliphatic heterocycles. The first-order chi connectivity index (χ1) is 6.52. The highest BCUT2D eigenvalue weighted by Crippen LogP contribution is 2.23. The van der Waals surface area contributed by atoms with Crippen molar-refractivity contribution in [3.05, 3.63) is 29.6 Å². The molecule has 1 rings (SSSR count). The second-order valence-electron chi connectivity index (χ2n) is 3.82. The molecule has 2 nitrogen and oxygen atoms in total. The maximum atomic E-state index is 13.5. The summed E-state index contributed by atoms with van der Waals surface area (Å²) in [5, 5.41) is 0. The van der Waals surface area contributed by atoms with Crippen molar-refractivity contribution in [3.63, 3.8) is 0 Å². The van der Waals surface area contributed by atoms with E-state index in [1.165, 1.54) is 6.07 Å². The second kappa shape index (κ2) is 4.42. The van der Waals surface area contributed by atoms with Gasteiger partial charge in [-0.15, -0.1) is 0 Å². The standard InChI is InChI=1S/C11H17FN2/c1-8(13)7-9-5-4-6-10(12)11(9)14(2)3/h4-6,8H,7,13H2,1-3H3. The number of hydrogen-bond acceptors (Lipinski definition) is 2. The molecule has 0 aliphatic rings. The summed E-state index contributed by atoms with van der Waals surface area (Å²) in [4.78, 5) is 1.78. The maximum absolute atomic E-state index is 13.5. The lowest BCUT2D eigenvalue weighted by Gasteiger charge is -2.19. The molecule has 0 spiro atoms. The summed E-state index contributed by atoms with van der Waals surface area (Å²) in [6, 6.07) is 5.16. The molecule has 0 saturated heterocycles. The molecule has 0 saturated carbocycles. The third-order valence-electron chi connectivity index (χ3n) is 2.06. The molecule has 0 bridgehead atoms. The van der Waals surface area contributed by atoms with Crippen LogP contribution in [0, 0.1) is 5.82 Å². The highest BCUT2D eigenvalue weighted by atomic mass is 19.1. The van der Waals surface area contributed by atoms with Gasteiger partial charge in [-0.1, -0.05) is 12.1 Å². The fourth-order valence-corrected chi connectivity index (χ4v) is 1.57. The number of nitrogens with zero attached hydrogens (tertiary/aromatic N) is 1. The molecule has 0 fully saturated rings. The van der Waals surface area contributed by atoms with Crippen molar-refractivity contribution in [1.82, 2.24) is 0 Å². The summed E-state index contributed by atoms with van der Waals surface area (Å²) < 4.78 is 13.5. The maximum Gasteiger partial charge on any atom is 0.146 e. The Labute approximate surface area is 84.5 Å². The molecule has 78 valence electrons. The minimum Gasteiger partial charge on any atom is -0.375 e. The lowest BCUT2D eigenvalue weighted by atomic mass is 10.0. The fraction of sp³-hybridized carbons (Fsp3) is 0.455. The van der Waals surface area contributed by atoms with Crippen LogP contribution in [0.25, 0.3) is 0 Å². The second-order valence-corrected chi connectivity index (χ2v) is 3.82. The van der Waals surface area contributed by atoms with E-state index in [0.717, 1.165) is 5.56 Å². The summed E-state index contributed by atoms with van der Waals surface area (Å²) in [6.07, 6.45) is 0.700. The lowest BCUT2D eigenvalue weighted by molar-refractivity contribution is 0.621. The summed E-state index contributed by atoms with van der Waals surface area (Å²) in [5.74, 6) is -0.187. The van der Waals surface area contributed by atoms with Crippen LogP contribution in [0.3, 0.4) is 0 Å². The molecule has 2 N–H and O–H groups in total. The van der Waals surface area contributed by atoms with Crippen molar-refractivity contribution >= 4 is 5.69 Å². The Hall–Kier alpha value is -1.09. The molecular weight excluding hydrogens is 179 g/mol. The van der Waals surface area contributed by atoms with Gasteiger partial charge in [0.25, 0.3) is 0 Å². The average Bonchev–Trinajstić information content (AvgIpc) is 2.01. The number of rotatable bonds is 3. The smallest absolute Gasteiger partial charge is 0.146 e. The first kappa shape index (κ1) is 11.0. The monoisotopic (exact) mass is 196 g/mol. The van der Waals surface area contributed by atoms with Gasteiger partial charge < -0.3 is 10.6 Å². The number of halogens is 1. The van der Waals surface area contributed by atoms with Gasteiger partial charge in [-0.2, -0.15) is 0 Å². The Morgan fingerprint density at radius 3 is 2.57 bits per heavy atom. The van der Waals surface area contributed by atoms with Crippen molar-refractivity contribution in [3.8, 4) is 0 Å². The van der Waals surface area contributed by atoms with E-state index in [9.17, 15) is 4.39 Å². The zero-order chi connectivity index (χ0) is 10.7. The van der Waals surface area contributed by atoms with Gasteiger partial charge in [0.15, 0.2) is 0 Å². The topological polar surface area (TPSA) is 29.3 Å². The Bertz CT molecular complexity index is 308. The van der Waals surface area contributed by atoms with E-state index in [1.54, 1.807) is 11.0 Å². The van der Waals surface area contributed by atoms with Crippen molar-refractivity contribution < 1.29 is 4.39 Å². The van der Waals surface area contributed by atoms with E-state index in [4.69, 9.17) is 5.73 Å². The van der Waals surface area contributed by atoms with Crippen LogP contribution in [-0.2, 0) is 6.42 Å². The van der Waals surface area contributed by atoms with Crippen LogP contribution in [0.1, 0.15) is 12.5 Å². The number of para-hydroxylation sites is 1. The average molecular weight is 196 g/mol. The minimum absolute atomic E-state index is 0.0514.